The van der Waals surface area contributed by atoms with Gasteiger partial charge in [-0.3, -0.25) is 4.79 Å². The molecule has 0 aliphatic heterocycles. The summed E-state index contributed by atoms with van der Waals surface area (Å²) in [6.07, 6.45) is 0. The van der Waals surface area contributed by atoms with Crippen molar-refractivity contribution in [1.82, 2.24) is 0 Å². The molecule has 0 unspecified atom stereocenters. The average molecular weight is 502 g/mol. The summed E-state index contributed by atoms with van der Waals surface area (Å²) in [4.78, 5) is 12.7. The van der Waals surface area contributed by atoms with Crippen LogP contribution in [0.5, 0.6) is 11.5 Å². The van der Waals surface area contributed by atoms with Crippen molar-refractivity contribution in [3.05, 3.63) is 112 Å². The zero-order valence-corrected chi connectivity index (χ0v) is 20.0. The molecule has 0 saturated carbocycles. The predicted octanol–water partition coefficient (Wildman–Crippen LogP) is 7.27. The Morgan fingerprint density at radius 3 is 2.18 bits per heavy atom. The second-order valence-electron chi connectivity index (χ2n) is 7.98. The number of ether oxygens (including phenoxy) is 1. The van der Waals surface area contributed by atoms with Gasteiger partial charge >= 0.3 is 0 Å². The van der Waals surface area contributed by atoms with E-state index in [0.717, 1.165) is 32.5 Å². The highest BCUT2D eigenvalue weighted by Crippen LogP contribution is 2.25. The van der Waals surface area contributed by atoms with E-state index in [1.165, 1.54) is 5.56 Å². The van der Waals surface area contributed by atoms with Gasteiger partial charge in [-0.25, -0.2) is 0 Å². The summed E-state index contributed by atoms with van der Waals surface area (Å²) in [7, 11) is 0. The van der Waals surface area contributed by atoms with Crippen molar-refractivity contribution in [1.29, 1.82) is 0 Å². The van der Waals surface area contributed by atoms with Gasteiger partial charge in [0.05, 0.1) is 0 Å². The fraction of sp³-hybridized carbons (Fsp3) is 0.107. The van der Waals surface area contributed by atoms with Crippen LogP contribution >= 0.6 is 15.9 Å². The molecule has 2 N–H and O–H groups in total. The molecule has 0 bridgehead atoms. The summed E-state index contributed by atoms with van der Waals surface area (Å²) in [5.74, 6) is 0.832. The van der Waals surface area contributed by atoms with Crippen LogP contribution in [0.4, 0.5) is 5.69 Å². The van der Waals surface area contributed by atoms with Gasteiger partial charge < -0.3 is 15.2 Å². The molecule has 0 aliphatic rings. The van der Waals surface area contributed by atoms with E-state index in [-0.39, 0.29) is 11.7 Å². The van der Waals surface area contributed by atoms with Crippen LogP contribution in [0, 0.1) is 13.8 Å². The number of nitrogens with one attached hydrogen (secondary N) is 1. The van der Waals surface area contributed by atoms with Crippen molar-refractivity contribution in [3.63, 3.8) is 0 Å². The van der Waals surface area contributed by atoms with Crippen molar-refractivity contribution >= 4 is 27.5 Å². The van der Waals surface area contributed by atoms with Crippen molar-refractivity contribution in [2.75, 3.05) is 5.32 Å². The summed E-state index contributed by atoms with van der Waals surface area (Å²) in [5, 5.41) is 12.4. The number of amides is 1. The number of carbonyl (C=O) groups excluding carboxylic acids is 1. The van der Waals surface area contributed by atoms with Gasteiger partial charge in [0.15, 0.2) is 0 Å². The number of aromatic hydroxyl groups is 1. The maximum atomic E-state index is 12.7. The Balaban J connectivity index is 1.40. The van der Waals surface area contributed by atoms with E-state index < -0.39 is 0 Å². The van der Waals surface area contributed by atoms with Crippen LogP contribution in [0.3, 0.4) is 0 Å². The molecule has 0 aromatic heterocycles. The van der Waals surface area contributed by atoms with Crippen LogP contribution in [0.15, 0.2) is 89.4 Å². The Hall–Kier alpha value is -3.57. The van der Waals surface area contributed by atoms with Gasteiger partial charge in [0.2, 0.25) is 0 Å². The van der Waals surface area contributed by atoms with Crippen LogP contribution in [0.2, 0.25) is 0 Å². The highest BCUT2D eigenvalue weighted by molar-refractivity contribution is 9.10. The molecule has 0 radical (unpaired) electrons. The van der Waals surface area contributed by atoms with E-state index in [2.05, 4.69) is 40.3 Å². The highest BCUT2D eigenvalue weighted by Gasteiger charge is 2.09. The third kappa shape index (κ3) is 5.82. The lowest BCUT2D eigenvalue weighted by Crippen LogP contribution is -2.12. The summed E-state index contributed by atoms with van der Waals surface area (Å²) in [5.41, 5.74) is 6.45. The molecule has 0 fully saturated rings. The first-order valence-electron chi connectivity index (χ1n) is 10.6. The molecular formula is C28H24BrNO3. The maximum absolute atomic E-state index is 12.7. The zero-order valence-electron chi connectivity index (χ0n) is 18.4. The number of phenols is 1. The molecular weight excluding hydrogens is 478 g/mol. The fourth-order valence-corrected chi connectivity index (χ4v) is 4.27. The minimum absolute atomic E-state index is 0.176. The average Bonchev–Trinajstić information content (AvgIpc) is 2.78. The number of phenolic OH excluding ortho intramolecular Hbond substituents is 1. The Kier molecular flexibility index (Phi) is 6.80. The first-order valence-corrected chi connectivity index (χ1v) is 11.4. The molecule has 4 rings (SSSR count). The third-order valence-corrected chi connectivity index (χ3v) is 5.73. The van der Waals surface area contributed by atoms with Crippen LogP contribution in [-0.4, -0.2) is 11.0 Å². The van der Waals surface area contributed by atoms with Crippen molar-refractivity contribution in [3.8, 4) is 22.6 Å². The van der Waals surface area contributed by atoms with Crippen molar-refractivity contribution in [2.45, 2.75) is 20.5 Å². The van der Waals surface area contributed by atoms with Gasteiger partial charge in [-0.1, -0.05) is 46.3 Å². The Morgan fingerprint density at radius 1 is 0.879 bits per heavy atom. The topological polar surface area (TPSA) is 58.6 Å². The molecule has 0 spiro atoms. The minimum atomic E-state index is -0.176. The normalized spacial score (nSPS) is 10.6. The Bertz CT molecular complexity index is 1260. The van der Waals surface area contributed by atoms with E-state index in [9.17, 15) is 9.90 Å². The Labute approximate surface area is 202 Å². The van der Waals surface area contributed by atoms with Gasteiger partial charge in [0.1, 0.15) is 18.1 Å². The number of aryl methyl sites for hydroxylation is 2. The second kappa shape index (κ2) is 9.92. The largest absolute Gasteiger partial charge is 0.508 e. The molecule has 4 nitrogen and oxygen atoms in total. The predicted molar refractivity (Wildman–Crippen MR) is 136 cm³/mol. The molecule has 33 heavy (non-hydrogen) atoms. The molecule has 4 aromatic rings. The maximum Gasteiger partial charge on any atom is 0.255 e. The number of benzene rings is 4. The van der Waals surface area contributed by atoms with Gasteiger partial charge in [-0.2, -0.15) is 0 Å². The molecule has 0 saturated heterocycles. The van der Waals surface area contributed by atoms with Crippen molar-refractivity contribution < 1.29 is 14.6 Å². The third-order valence-electron chi connectivity index (χ3n) is 5.28. The van der Waals surface area contributed by atoms with Gasteiger partial charge in [0.25, 0.3) is 5.91 Å². The lowest BCUT2D eigenvalue weighted by molar-refractivity contribution is 0.102. The van der Waals surface area contributed by atoms with Crippen molar-refractivity contribution in [2.24, 2.45) is 0 Å². The lowest BCUT2D eigenvalue weighted by Gasteiger charge is -2.12. The van der Waals surface area contributed by atoms with Gasteiger partial charge in [-0.15, -0.1) is 0 Å². The standard InChI is InChI=1S/C28H24BrNO3/c1-18-13-20(16-24(29)14-18)17-33-27-12-9-25(15-19(27)2)30-28(32)23-5-3-21(4-6-23)22-7-10-26(31)11-8-22/h3-16,31H,17H2,1-2H3,(H,30,32). The molecule has 5 heteroatoms. The number of carbonyl (C=O) groups is 1. The van der Waals surface area contributed by atoms with Gasteiger partial charge in [0, 0.05) is 15.7 Å². The van der Waals surface area contributed by atoms with E-state index in [0.29, 0.717) is 17.9 Å². The molecule has 4 aromatic carbocycles. The van der Waals surface area contributed by atoms with E-state index >= 15 is 0 Å². The molecule has 166 valence electrons. The first kappa shape index (κ1) is 22.6. The number of hydrogen-bond acceptors (Lipinski definition) is 3. The molecule has 1 amide bonds. The smallest absolute Gasteiger partial charge is 0.255 e. The second-order valence-corrected chi connectivity index (χ2v) is 8.90. The summed E-state index contributed by atoms with van der Waals surface area (Å²) < 4.78 is 7.03. The van der Waals surface area contributed by atoms with E-state index in [4.69, 9.17) is 4.74 Å². The molecule has 0 heterocycles. The SMILES string of the molecule is Cc1cc(Br)cc(COc2ccc(NC(=O)c3ccc(-c4ccc(O)cc4)cc3)cc2C)c1. The lowest BCUT2D eigenvalue weighted by atomic mass is 10.0. The quantitative estimate of drug-likeness (QED) is 0.292. The summed E-state index contributed by atoms with van der Waals surface area (Å²) in [6, 6.07) is 26.2. The first-order chi connectivity index (χ1) is 15.9. The van der Waals surface area contributed by atoms with Crippen LogP contribution < -0.4 is 10.1 Å². The fourth-order valence-electron chi connectivity index (χ4n) is 3.62. The zero-order chi connectivity index (χ0) is 23.4. The number of halogens is 1. The number of hydrogen-bond donors (Lipinski definition) is 2. The molecule has 0 atom stereocenters. The Morgan fingerprint density at radius 2 is 1.55 bits per heavy atom. The highest BCUT2D eigenvalue weighted by atomic mass is 79.9. The monoisotopic (exact) mass is 501 g/mol. The summed E-state index contributed by atoms with van der Waals surface area (Å²) in [6.45, 7) is 4.49. The number of anilines is 1. The van der Waals surface area contributed by atoms with Gasteiger partial charge in [-0.05, 0) is 96.3 Å². The van der Waals surface area contributed by atoms with E-state index in [1.807, 2.05) is 55.5 Å². The van der Waals surface area contributed by atoms with E-state index in [1.54, 1.807) is 24.3 Å². The molecule has 0 aliphatic carbocycles. The van der Waals surface area contributed by atoms with Crippen LogP contribution in [-0.2, 0) is 6.61 Å². The van der Waals surface area contributed by atoms with Crippen LogP contribution in [0.1, 0.15) is 27.0 Å². The minimum Gasteiger partial charge on any atom is -0.508 e. The number of rotatable bonds is 6. The van der Waals surface area contributed by atoms with Crippen LogP contribution in [0.25, 0.3) is 11.1 Å². The summed E-state index contributed by atoms with van der Waals surface area (Å²) >= 11 is 3.52.